The number of aliphatic hydroxyl groups excluding tert-OH is 1. The van der Waals surface area contributed by atoms with E-state index in [9.17, 15) is 5.11 Å². The Morgan fingerprint density at radius 2 is 1.85 bits per heavy atom. The average molecular weight is 274 g/mol. The van der Waals surface area contributed by atoms with Crippen LogP contribution in [0.25, 0.3) is 0 Å². The summed E-state index contributed by atoms with van der Waals surface area (Å²) in [5, 5.41) is 10.9. The second kappa shape index (κ2) is 6.23. The first kappa shape index (κ1) is 14.0. The van der Waals surface area contributed by atoms with Crippen LogP contribution in [0.3, 0.4) is 0 Å². The Kier molecular flexibility index (Phi) is 4.37. The number of piperidine rings is 1. The van der Waals surface area contributed by atoms with E-state index in [-0.39, 0.29) is 11.6 Å². The highest BCUT2D eigenvalue weighted by Gasteiger charge is 2.45. The molecule has 0 aromatic carbocycles. The fourth-order valence-electron chi connectivity index (χ4n) is 4.09. The molecule has 20 heavy (non-hydrogen) atoms. The third kappa shape index (κ3) is 2.75. The van der Waals surface area contributed by atoms with Crippen LogP contribution in [0.5, 0.6) is 0 Å². The molecule has 3 heteroatoms. The van der Waals surface area contributed by atoms with E-state index < -0.39 is 0 Å². The molecule has 0 bridgehead atoms. The van der Waals surface area contributed by atoms with Crippen LogP contribution in [0.4, 0.5) is 0 Å². The number of likely N-dealkylation sites (tertiary alicyclic amines) is 1. The van der Waals surface area contributed by atoms with Crippen LogP contribution >= 0.6 is 0 Å². The molecule has 3 nitrogen and oxygen atoms in total. The van der Waals surface area contributed by atoms with E-state index >= 15 is 0 Å². The summed E-state index contributed by atoms with van der Waals surface area (Å²) in [4.78, 5) is 6.98. The zero-order valence-electron chi connectivity index (χ0n) is 12.3. The van der Waals surface area contributed by atoms with Crippen molar-refractivity contribution >= 4 is 0 Å². The van der Waals surface area contributed by atoms with Crippen LogP contribution in [-0.4, -0.2) is 39.7 Å². The third-order valence-corrected chi connectivity index (χ3v) is 5.20. The number of rotatable bonds is 4. The van der Waals surface area contributed by atoms with Gasteiger partial charge in [0.05, 0.1) is 6.10 Å². The van der Waals surface area contributed by atoms with E-state index in [0.717, 1.165) is 18.5 Å². The van der Waals surface area contributed by atoms with Gasteiger partial charge in [0, 0.05) is 23.9 Å². The maximum absolute atomic E-state index is 10.9. The molecule has 3 rings (SSSR count). The van der Waals surface area contributed by atoms with Gasteiger partial charge >= 0.3 is 0 Å². The van der Waals surface area contributed by atoms with E-state index in [0.29, 0.717) is 6.42 Å². The predicted octanol–water partition coefficient (Wildman–Crippen LogP) is 2.78. The van der Waals surface area contributed by atoms with Crippen molar-refractivity contribution in [3.05, 3.63) is 30.1 Å². The standard InChI is InChI=1S/C17H26N2O/c20-16(14-15-8-2-5-11-18-15)17(9-3-4-10-17)19-12-6-1-7-13-19/h2,5,8,11,16,20H,1,3-4,6-7,9-10,12-14H2. The van der Waals surface area contributed by atoms with Gasteiger partial charge in [-0.25, -0.2) is 0 Å². The van der Waals surface area contributed by atoms with Gasteiger partial charge in [-0.05, 0) is 50.9 Å². The van der Waals surface area contributed by atoms with Gasteiger partial charge in [0.15, 0.2) is 0 Å². The molecule has 2 fully saturated rings. The van der Waals surface area contributed by atoms with Crippen LogP contribution in [0.1, 0.15) is 50.6 Å². The van der Waals surface area contributed by atoms with Gasteiger partial charge in [-0.1, -0.05) is 25.3 Å². The second-order valence-corrected chi connectivity index (χ2v) is 6.40. The van der Waals surface area contributed by atoms with Crippen LogP contribution in [0.2, 0.25) is 0 Å². The van der Waals surface area contributed by atoms with Gasteiger partial charge in [0.2, 0.25) is 0 Å². The molecule has 1 aromatic heterocycles. The minimum Gasteiger partial charge on any atom is -0.391 e. The SMILES string of the molecule is OC(Cc1ccccn1)C1(N2CCCCC2)CCCC1. The fourth-order valence-corrected chi connectivity index (χ4v) is 4.09. The van der Waals surface area contributed by atoms with E-state index in [2.05, 4.69) is 9.88 Å². The Morgan fingerprint density at radius 1 is 1.10 bits per heavy atom. The van der Waals surface area contributed by atoms with E-state index in [1.807, 2.05) is 24.4 Å². The molecule has 1 saturated carbocycles. The van der Waals surface area contributed by atoms with Gasteiger partial charge in [0.25, 0.3) is 0 Å². The summed E-state index contributed by atoms with van der Waals surface area (Å²) in [6, 6.07) is 5.98. The molecule has 1 aliphatic heterocycles. The summed E-state index contributed by atoms with van der Waals surface area (Å²) >= 11 is 0. The van der Waals surface area contributed by atoms with E-state index in [1.54, 1.807) is 0 Å². The molecule has 1 atom stereocenters. The smallest absolute Gasteiger partial charge is 0.0779 e. The molecule has 0 radical (unpaired) electrons. The molecule has 2 heterocycles. The van der Waals surface area contributed by atoms with Crippen LogP contribution in [0, 0.1) is 0 Å². The number of nitrogens with zero attached hydrogens (tertiary/aromatic N) is 2. The van der Waals surface area contributed by atoms with Gasteiger partial charge in [-0.15, -0.1) is 0 Å². The number of aromatic nitrogens is 1. The van der Waals surface area contributed by atoms with E-state index in [4.69, 9.17) is 0 Å². The van der Waals surface area contributed by atoms with Crippen molar-refractivity contribution in [3.8, 4) is 0 Å². The lowest BCUT2D eigenvalue weighted by Crippen LogP contribution is -2.57. The Morgan fingerprint density at radius 3 is 2.50 bits per heavy atom. The van der Waals surface area contributed by atoms with Gasteiger partial charge in [-0.3, -0.25) is 9.88 Å². The Balaban J connectivity index is 1.75. The fraction of sp³-hybridized carbons (Fsp3) is 0.706. The number of hydrogen-bond donors (Lipinski definition) is 1. The molecule has 1 aliphatic carbocycles. The summed E-state index contributed by atoms with van der Waals surface area (Å²) in [5.74, 6) is 0. The maximum atomic E-state index is 10.9. The monoisotopic (exact) mass is 274 g/mol. The van der Waals surface area contributed by atoms with Crippen molar-refractivity contribution in [2.45, 2.75) is 63.0 Å². The average Bonchev–Trinajstić information content (AvgIpc) is 3.00. The van der Waals surface area contributed by atoms with Crippen molar-refractivity contribution in [2.24, 2.45) is 0 Å². The van der Waals surface area contributed by atoms with Crippen molar-refractivity contribution in [3.63, 3.8) is 0 Å². The Labute approximate surface area is 122 Å². The number of hydrogen-bond acceptors (Lipinski definition) is 3. The maximum Gasteiger partial charge on any atom is 0.0779 e. The molecule has 110 valence electrons. The number of aliphatic hydroxyl groups is 1. The van der Waals surface area contributed by atoms with Crippen LogP contribution in [0.15, 0.2) is 24.4 Å². The molecule has 1 aromatic rings. The zero-order chi connectivity index (χ0) is 13.8. The lowest BCUT2D eigenvalue weighted by Gasteiger charge is -2.46. The minimum absolute atomic E-state index is 0.0257. The van der Waals surface area contributed by atoms with Gasteiger partial charge in [0.1, 0.15) is 0 Å². The summed E-state index contributed by atoms with van der Waals surface area (Å²) < 4.78 is 0. The van der Waals surface area contributed by atoms with Crippen LogP contribution < -0.4 is 0 Å². The molecule has 2 aliphatic rings. The molecule has 1 unspecified atom stereocenters. The lowest BCUT2D eigenvalue weighted by atomic mass is 9.84. The first-order valence-corrected chi connectivity index (χ1v) is 8.14. The topological polar surface area (TPSA) is 36.4 Å². The highest BCUT2D eigenvalue weighted by Crippen LogP contribution is 2.40. The molecule has 0 amide bonds. The second-order valence-electron chi connectivity index (χ2n) is 6.40. The predicted molar refractivity (Wildman–Crippen MR) is 80.6 cm³/mol. The summed E-state index contributed by atoms with van der Waals surface area (Å²) in [5.41, 5.74) is 1.04. The molecular weight excluding hydrogens is 248 g/mol. The zero-order valence-corrected chi connectivity index (χ0v) is 12.3. The van der Waals surface area contributed by atoms with E-state index in [1.165, 1.54) is 45.2 Å². The van der Waals surface area contributed by atoms with Gasteiger partial charge < -0.3 is 5.11 Å². The summed E-state index contributed by atoms with van der Waals surface area (Å²) in [7, 11) is 0. The Bertz CT molecular complexity index is 408. The first-order chi connectivity index (χ1) is 9.81. The van der Waals surface area contributed by atoms with Crippen LogP contribution in [-0.2, 0) is 6.42 Å². The lowest BCUT2D eigenvalue weighted by molar-refractivity contribution is -0.0384. The number of pyridine rings is 1. The highest BCUT2D eigenvalue weighted by molar-refractivity contribution is 5.09. The van der Waals surface area contributed by atoms with Crippen molar-refractivity contribution in [1.82, 2.24) is 9.88 Å². The summed E-state index contributed by atoms with van der Waals surface area (Å²) in [6.45, 7) is 2.33. The molecular formula is C17H26N2O. The third-order valence-electron chi connectivity index (χ3n) is 5.20. The summed E-state index contributed by atoms with van der Waals surface area (Å²) in [6.07, 6.45) is 11.0. The van der Waals surface area contributed by atoms with Crippen molar-refractivity contribution in [1.29, 1.82) is 0 Å². The van der Waals surface area contributed by atoms with Gasteiger partial charge in [-0.2, -0.15) is 0 Å². The quantitative estimate of drug-likeness (QED) is 0.917. The normalized spacial score (nSPS) is 24.6. The molecule has 1 saturated heterocycles. The molecule has 0 spiro atoms. The highest BCUT2D eigenvalue weighted by atomic mass is 16.3. The van der Waals surface area contributed by atoms with Crippen molar-refractivity contribution in [2.75, 3.05) is 13.1 Å². The minimum atomic E-state index is -0.280. The molecule has 1 N–H and O–H groups in total. The largest absolute Gasteiger partial charge is 0.391 e. The Hall–Kier alpha value is -0.930. The van der Waals surface area contributed by atoms with Crippen molar-refractivity contribution < 1.29 is 5.11 Å². The first-order valence-electron chi connectivity index (χ1n) is 8.14.